The third kappa shape index (κ3) is 5.78. The van der Waals surface area contributed by atoms with Crippen molar-refractivity contribution >= 4 is 0 Å². The lowest BCUT2D eigenvalue weighted by atomic mass is 10.2. The van der Waals surface area contributed by atoms with Crippen LogP contribution in [0.5, 0.6) is 11.5 Å². The lowest BCUT2D eigenvalue weighted by Crippen LogP contribution is -2.20. The first-order valence-electron chi connectivity index (χ1n) is 8.05. The van der Waals surface area contributed by atoms with Crippen LogP contribution < -0.4 is 15.1 Å². The third-order valence-electron chi connectivity index (χ3n) is 3.40. The number of ether oxygens (including phenoxy) is 1. The minimum atomic E-state index is 0.539. The van der Waals surface area contributed by atoms with Gasteiger partial charge in [-0.1, -0.05) is 68.7 Å². The summed E-state index contributed by atoms with van der Waals surface area (Å²) in [5.74, 6) is 1.49. The fourth-order valence-corrected chi connectivity index (χ4v) is 2.14. The van der Waals surface area contributed by atoms with E-state index < -0.39 is 0 Å². The van der Waals surface area contributed by atoms with E-state index in [1.54, 1.807) is 0 Å². The summed E-state index contributed by atoms with van der Waals surface area (Å²) in [7, 11) is 0. The molecule has 3 heteroatoms. The van der Waals surface area contributed by atoms with Gasteiger partial charge < -0.3 is 9.57 Å². The van der Waals surface area contributed by atoms with Crippen molar-refractivity contribution in [1.29, 1.82) is 0 Å². The van der Waals surface area contributed by atoms with Crippen LogP contribution in [0.4, 0.5) is 0 Å². The van der Waals surface area contributed by atoms with E-state index in [4.69, 9.17) is 9.57 Å². The van der Waals surface area contributed by atoms with E-state index in [0.29, 0.717) is 6.61 Å². The van der Waals surface area contributed by atoms with Crippen molar-refractivity contribution in [3.05, 3.63) is 60.2 Å². The second kappa shape index (κ2) is 9.85. The quantitative estimate of drug-likeness (QED) is 0.508. The number of nitrogens with one attached hydrogen (secondary N) is 1. The minimum Gasteiger partial charge on any atom is -0.485 e. The average Bonchev–Trinajstić information content (AvgIpc) is 2.58. The van der Waals surface area contributed by atoms with Gasteiger partial charge in [0, 0.05) is 6.54 Å². The average molecular weight is 299 g/mol. The van der Waals surface area contributed by atoms with Gasteiger partial charge in [-0.2, -0.15) is 5.48 Å². The summed E-state index contributed by atoms with van der Waals surface area (Å²) < 4.78 is 5.85. The summed E-state index contributed by atoms with van der Waals surface area (Å²) in [6.45, 7) is 3.61. The molecule has 0 amide bonds. The molecule has 0 heterocycles. The van der Waals surface area contributed by atoms with Gasteiger partial charge in [0.2, 0.25) is 0 Å². The largest absolute Gasteiger partial charge is 0.485 e. The number of hydrogen-bond acceptors (Lipinski definition) is 3. The Morgan fingerprint density at radius 2 is 1.55 bits per heavy atom. The van der Waals surface area contributed by atoms with Crippen LogP contribution >= 0.6 is 0 Å². The van der Waals surface area contributed by atoms with Crippen molar-refractivity contribution in [1.82, 2.24) is 5.48 Å². The molecule has 0 fully saturated rings. The Hall–Kier alpha value is -2.00. The second-order valence-electron chi connectivity index (χ2n) is 5.28. The SMILES string of the molecule is CCCCCCNOc1ccccc1OCc1ccccc1. The number of hydrogen-bond donors (Lipinski definition) is 1. The summed E-state index contributed by atoms with van der Waals surface area (Å²) in [6.07, 6.45) is 4.88. The molecular weight excluding hydrogens is 274 g/mol. The predicted octanol–water partition coefficient (Wildman–Crippen LogP) is 4.73. The number of rotatable bonds is 10. The molecule has 22 heavy (non-hydrogen) atoms. The Balaban J connectivity index is 1.79. The molecule has 2 aromatic rings. The van der Waals surface area contributed by atoms with Gasteiger partial charge in [-0.3, -0.25) is 0 Å². The van der Waals surface area contributed by atoms with Crippen molar-refractivity contribution < 1.29 is 9.57 Å². The highest BCUT2D eigenvalue weighted by molar-refractivity contribution is 5.39. The zero-order valence-electron chi connectivity index (χ0n) is 13.3. The van der Waals surface area contributed by atoms with Gasteiger partial charge in [-0.15, -0.1) is 0 Å². The Kier molecular flexibility index (Phi) is 7.33. The molecular formula is C19H25NO2. The lowest BCUT2D eigenvalue weighted by Gasteiger charge is -2.12. The number of hydroxylamine groups is 1. The molecule has 0 atom stereocenters. The first-order valence-corrected chi connectivity index (χ1v) is 8.05. The summed E-state index contributed by atoms with van der Waals surface area (Å²) in [5, 5.41) is 0. The zero-order valence-corrected chi connectivity index (χ0v) is 13.3. The normalized spacial score (nSPS) is 10.4. The molecule has 0 saturated heterocycles. The highest BCUT2D eigenvalue weighted by atomic mass is 16.7. The van der Waals surface area contributed by atoms with E-state index in [1.165, 1.54) is 19.3 Å². The maximum atomic E-state index is 5.85. The first kappa shape index (κ1) is 16.4. The zero-order chi connectivity index (χ0) is 15.5. The number of unbranched alkanes of at least 4 members (excludes halogenated alkanes) is 3. The smallest absolute Gasteiger partial charge is 0.188 e. The van der Waals surface area contributed by atoms with Crippen LogP contribution in [0.15, 0.2) is 54.6 Å². The molecule has 0 aromatic heterocycles. The maximum absolute atomic E-state index is 5.85. The molecule has 0 saturated carbocycles. The molecule has 0 aliphatic carbocycles. The Bertz CT molecular complexity index is 528. The predicted molar refractivity (Wildman–Crippen MR) is 90.0 cm³/mol. The molecule has 2 rings (SSSR count). The summed E-state index contributed by atoms with van der Waals surface area (Å²) >= 11 is 0. The van der Waals surface area contributed by atoms with Crippen molar-refractivity contribution in [3.63, 3.8) is 0 Å². The fraction of sp³-hybridized carbons (Fsp3) is 0.368. The van der Waals surface area contributed by atoms with Gasteiger partial charge in [0.15, 0.2) is 11.5 Å². The summed E-state index contributed by atoms with van der Waals surface area (Å²) in [4.78, 5) is 5.63. The Labute approximate surface area is 133 Å². The van der Waals surface area contributed by atoms with E-state index in [9.17, 15) is 0 Å². The third-order valence-corrected chi connectivity index (χ3v) is 3.40. The molecule has 0 bridgehead atoms. The minimum absolute atomic E-state index is 0.539. The van der Waals surface area contributed by atoms with Crippen LogP contribution in [0.1, 0.15) is 38.2 Å². The molecule has 118 valence electrons. The summed E-state index contributed by atoms with van der Waals surface area (Å²) in [6, 6.07) is 17.9. The Morgan fingerprint density at radius 3 is 2.32 bits per heavy atom. The first-order chi connectivity index (χ1) is 10.9. The van der Waals surface area contributed by atoms with Crippen LogP contribution in [-0.4, -0.2) is 6.54 Å². The van der Waals surface area contributed by atoms with Gasteiger partial charge in [0.25, 0.3) is 0 Å². The molecule has 3 nitrogen and oxygen atoms in total. The summed E-state index contributed by atoms with van der Waals surface area (Å²) in [5.41, 5.74) is 4.16. The van der Waals surface area contributed by atoms with Crippen LogP contribution in [0.2, 0.25) is 0 Å². The van der Waals surface area contributed by atoms with Crippen LogP contribution in [0.3, 0.4) is 0 Å². The maximum Gasteiger partial charge on any atom is 0.188 e. The van der Waals surface area contributed by atoms with Crippen LogP contribution in [0.25, 0.3) is 0 Å². The number of benzene rings is 2. The fourth-order valence-electron chi connectivity index (χ4n) is 2.14. The van der Waals surface area contributed by atoms with Crippen molar-refractivity contribution in [2.45, 2.75) is 39.2 Å². The number of para-hydroxylation sites is 2. The monoisotopic (exact) mass is 299 g/mol. The molecule has 0 aliphatic rings. The van der Waals surface area contributed by atoms with Crippen molar-refractivity contribution in [3.8, 4) is 11.5 Å². The molecule has 0 spiro atoms. The molecule has 0 aliphatic heterocycles. The molecule has 2 aromatic carbocycles. The van der Waals surface area contributed by atoms with Gasteiger partial charge in [-0.05, 0) is 24.1 Å². The van der Waals surface area contributed by atoms with E-state index in [-0.39, 0.29) is 0 Å². The molecule has 0 radical (unpaired) electrons. The van der Waals surface area contributed by atoms with Crippen LogP contribution in [-0.2, 0) is 6.61 Å². The van der Waals surface area contributed by atoms with Gasteiger partial charge in [0.05, 0.1) is 0 Å². The lowest BCUT2D eigenvalue weighted by molar-refractivity contribution is 0.179. The topological polar surface area (TPSA) is 30.5 Å². The highest BCUT2D eigenvalue weighted by Gasteiger charge is 2.04. The van der Waals surface area contributed by atoms with E-state index in [1.807, 2.05) is 42.5 Å². The van der Waals surface area contributed by atoms with Crippen LogP contribution in [0, 0.1) is 0 Å². The van der Waals surface area contributed by atoms with Gasteiger partial charge in [0.1, 0.15) is 6.61 Å². The highest BCUT2D eigenvalue weighted by Crippen LogP contribution is 2.26. The Morgan fingerprint density at radius 1 is 0.818 bits per heavy atom. The van der Waals surface area contributed by atoms with E-state index >= 15 is 0 Å². The van der Waals surface area contributed by atoms with Crippen molar-refractivity contribution in [2.75, 3.05) is 6.54 Å². The molecule has 1 N–H and O–H groups in total. The standard InChI is InChI=1S/C19H25NO2/c1-2-3-4-10-15-20-22-19-14-9-8-13-18(19)21-16-17-11-6-5-7-12-17/h5-9,11-14,20H,2-4,10,15-16H2,1H3. The molecule has 0 unspecified atom stereocenters. The van der Waals surface area contributed by atoms with Crippen molar-refractivity contribution in [2.24, 2.45) is 0 Å². The van der Waals surface area contributed by atoms with Gasteiger partial charge in [-0.25, -0.2) is 0 Å². The second-order valence-corrected chi connectivity index (χ2v) is 5.28. The van der Waals surface area contributed by atoms with E-state index in [2.05, 4.69) is 24.5 Å². The van der Waals surface area contributed by atoms with E-state index in [0.717, 1.165) is 30.0 Å². The van der Waals surface area contributed by atoms with Gasteiger partial charge >= 0.3 is 0 Å².